The molecule has 0 aliphatic carbocycles. The van der Waals surface area contributed by atoms with Gasteiger partial charge in [-0.25, -0.2) is 0 Å². The van der Waals surface area contributed by atoms with Crippen LogP contribution in [0.1, 0.15) is 39.5 Å². The maximum Gasteiger partial charge on any atom is 0.225 e. The second-order valence-corrected chi connectivity index (χ2v) is 4.73. The first-order chi connectivity index (χ1) is 7.71. The first kappa shape index (κ1) is 16.1. The quantitative estimate of drug-likeness (QED) is 0.586. The molecule has 0 aromatic carbocycles. The van der Waals surface area contributed by atoms with E-state index in [0.29, 0.717) is 24.8 Å². The zero-order valence-corrected chi connectivity index (χ0v) is 11.9. The number of hydrogen-bond acceptors (Lipinski definition) is 1. The fourth-order valence-corrected chi connectivity index (χ4v) is 2.29. The van der Waals surface area contributed by atoms with Crippen LogP contribution in [0.2, 0.25) is 0 Å². The monoisotopic (exact) mass is 267 g/mol. The number of halogens is 2. The second-order valence-electron chi connectivity index (χ2n) is 3.98. The molecule has 96 valence electrons. The number of amides is 1. The molecule has 0 fully saturated rings. The van der Waals surface area contributed by atoms with Crippen molar-refractivity contribution in [2.75, 3.05) is 24.8 Å². The van der Waals surface area contributed by atoms with Crippen LogP contribution in [0.15, 0.2) is 0 Å². The van der Waals surface area contributed by atoms with Crippen LogP contribution in [0, 0.1) is 5.92 Å². The molecule has 0 saturated heterocycles. The van der Waals surface area contributed by atoms with E-state index < -0.39 is 0 Å². The fraction of sp³-hybridized carbons (Fsp3) is 0.917. The Labute approximate surface area is 109 Å². The SMILES string of the molecule is CCCC(CCC)C(=O)N(CCCl)CCCl. The minimum atomic E-state index is 0.154. The molecule has 0 heterocycles. The van der Waals surface area contributed by atoms with Crippen molar-refractivity contribution in [1.29, 1.82) is 0 Å². The van der Waals surface area contributed by atoms with Gasteiger partial charge in [-0.15, -0.1) is 23.2 Å². The Kier molecular flexibility index (Phi) is 10.3. The van der Waals surface area contributed by atoms with Gasteiger partial charge in [0, 0.05) is 30.8 Å². The number of rotatable bonds is 9. The van der Waals surface area contributed by atoms with Gasteiger partial charge < -0.3 is 4.90 Å². The summed E-state index contributed by atoms with van der Waals surface area (Å²) in [6, 6.07) is 0. The number of nitrogens with zero attached hydrogens (tertiary/aromatic N) is 1. The zero-order valence-electron chi connectivity index (χ0n) is 10.3. The third-order valence-corrected chi connectivity index (χ3v) is 2.98. The lowest BCUT2D eigenvalue weighted by Gasteiger charge is -2.26. The standard InChI is InChI=1S/C12H23Cl2NO/c1-3-5-11(6-4-2)12(16)15(9-7-13)10-8-14/h11H,3-10H2,1-2H3. The van der Waals surface area contributed by atoms with Gasteiger partial charge in [-0.1, -0.05) is 26.7 Å². The highest BCUT2D eigenvalue weighted by molar-refractivity contribution is 6.18. The lowest BCUT2D eigenvalue weighted by atomic mass is 9.96. The maximum atomic E-state index is 12.2. The molecule has 0 N–H and O–H groups in total. The van der Waals surface area contributed by atoms with Crippen molar-refractivity contribution < 1.29 is 4.79 Å². The zero-order chi connectivity index (χ0) is 12.4. The van der Waals surface area contributed by atoms with Crippen molar-refractivity contribution in [3.8, 4) is 0 Å². The Bertz CT molecular complexity index is 158. The van der Waals surface area contributed by atoms with Gasteiger partial charge in [0.1, 0.15) is 0 Å². The van der Waals surface area contributed by atoms with Crippen LogP contribution >= 0.6 is 23.2 Å². The van der Waals surface area contributed by atoms with Gasteiger partial charge >= 0.3 is 0 Å². The highest BCUT2D eigenvalue weighted by Gasteiger charge is 2.21. The summed E-state index contributed by atoms with van der Waals surface area (Å²) in [7, 11) is 0. The van der Waals surface area contributed by atoms with E-state index in [1.165, 1.54) is 0 Å². The van der Waals surface area contributed by atoms with Crippen LogP contribution in [-0.4, -0.2) is 35.7 Å². The molecule has 0 atom stereocenters. The van der Waals surface area contributed by atoms with Crippen LogP contribution < -0.4 is 0 Å². The molecule has 1 amide bonds. The van der Waals surface area contributed by atoms with Crippen molar-refractivity contribution in [3.05, 3.63) is 0 Å². The van der Waals surface area contributed by atoms with Gasteiger partial charge in [0.15, 0.2) is 0 Å². The average molecular weight is 268 g/mol. The molecule has 0 bridgehead atoms. The summed E-state index contributed by atoms with van der Waals surface area (Å²) in [5.41, 5.74) is 0. The molecule has 0 aliphatic rings. The number of alkyl halides is 2. The smallest absolute Gasteiger partial charge is 0.225 e. The molecule has 0 saturated carbocycles. The predicted molar refractivity (Wildman–Crippen MR) is 71.3 cm³/mol. The Balaban J connectivity index is 4.38. The number of carbonyl (C=O) groups is 1. The number of hydrogen-bond donors (Lipinski definition) is 0. The predicted octanol–water partition coefficient (Wildman–Crippen LogP) is 3.51. The first-order valence-corrected chi connectivity index (χ1v) is 7.18. The maximum absolute atomic E-state index is 12.2. The molecule has 0 rings (SSSR count). The highest BCUT2D eigenvalue weighted by atomic mass is 35.5. The van der Waals surface area contributed by atoms with E-state index in [0.717, 1.165) is 25.7 Å². The Morgan fingerprint density at radius 2 is 1.50 bits per heavy atom. The summed E-state index contributed by atoms with van der Waals surface area (Å²) in [6.07, 6.45) is 4.03. The topological polar surface area (TPSA) is 20.3 Å². The van der Waals surface area contributed by atoms with Crippen molar-refractivity contribution >= 4 is 29.1 Å². The van der Waals surface area contributed by atoms with Crippen molar-refractivity contribution in [3.63, 3.8) is 0 Å². The van der Waals surface area contributed by atoms with Crippen molar-refractivity contribution in [2.45, 2.75) is 39.5 Å². The lowest BCUT2D eigenvalue weighted by Crippen LogP contribution is -2.38. The van der Waals surface area contributed by atoms with Crippen LogP contribution in [0.25, 0.3) is 0 Å². The molecule has 0 aliphatic heterocycles. The van der Waals surface area contributed by atoms with E-state index in [-0.39, 0.29) is 11.8 Å². The van der Waals surface area contributed by atoms with Crippen LogP contribution in [0.5, 0.6) is 0 Å². The lowest BCUT2D eigenvalue weighted by molar-refractivity contribution is -0.135. The third-order valence-electron chi connectivity index (χ3n) is 2.64. The molecule has 0 aromatic rings. The fourth-order valence-electron chi connectivity index (χ4n) is 1.88. The van der Waals surface area contributed by atoms with Gasteiger partial charge in [0.2, 0.25) is 5.91 Å². The normalized spacial score (nSPS) is 10.8. The van der Waals surface area contributed by atoms with Gasteiger partial charge in [-0.3, -0.25) is 4.79 Å². The van der Waals surface area contributed by atoms with Gasteiger partial charge in [0.05, 0.1) is 0 Å². The average Bonchev–Trinajstić information content (AvgIpc) is 2.27. The van der Waals surface area contributed by atoms with Crippen LogP contribution in [0.3, 0.4) is 0 Å². The van der Waals surface area contributed by atoms with E-state index in [1.807, 2.05) is 0 Å². The molecule has 0 spiro atoms. The van der Waals surface area contributed by atoms with Crippen molar-refractivity contribution in [1.82, 2.24) is 4.90 Å². The van der Waals surface area contributed by atoms with Gasteiger partial charge in [-0.05, 0) is 12.8 Å². The summed E-state index contributed by atoms with van der Waals surface area (Å²) >= 11 is 11.4. The summed E-state index contributed by atoms with van der Waals surface area (Å²) in [5, 5.41) is 0. The Hall–Kier alpha value is 0.0500. The summed E-state index contributed by atoms with van der Waals surface area (Å²) in [6.45, 7) is 5.45. The van der Waals surface area contributed by atoms with E-state index in [2.05, 4.69) is 13.8 Å². The molecular weight excluding hydrogens is 245 g/mol. The third kappa shape index (κ3) is 5.95. The molecular formula is C12H23Cl2NO. The minimum absolute atomic E-state index is 0.154. The molecule has 0 unspecified atom stereocenters. The van der Waals surface area contributed by atoms with E-state index in [4.69, 9.17) is 23.2 Å². The summed E-state index contributed by atoms with van der Waals surface area (Å²) in [5.74, 6) is 1.34. The van der Waals surface area contributed by atoms with Crippen molar-refractivity contribution in [2.24, 2.45) is 5.92 Å². The largest absolute Gasteiger partial charge is 0.340 e. The Morgan fingerprint density at radius 3 is 1.81 bits per heavy atom. The van der Waals surface area contributed by atoms with E-state index >= 15 is 0 Å². The van der Waals surface area contributed by atoms with Gasteiger partial charge in [0.25, 0.3) is 0 Å². The van der Waals surface area contributed by atoms with Gasteiger partial charge in [-0.2, -0.15) is 0 Å². The first-order valence-electron chi connectivity index (χ1n) is 6.11. The Morgan fingerprint density at radius 1 is 1.06 bits per heavy atom. The van der Waals surface area contributed by atoms with Crippen LogP contribution in [-0.2, 0) is 4.79 Å². The molecule has 0 aromatic heterocycles. The molecule has 2 nitrogen and oxygen atoms in total. The van der Waals surface area contributed by atoms with E-state index in [1.54, 1.807) is 4.90 Å². The van der Waals surface area contributed by atoms with Crippen LogP contribution in [0.4, 0.5) is 0 Å². The molecule has 4 heteroatoms. The molecule has 16 heavy (non-hydrogen) atoms. The summed E-state index contributed by atoms with van der Waals surface area (Å²) in [4.78, 5) is 14.0. The van der Waals surface area contributed by atoms with E-state index in [9.17, 15) is 4.79 Å². The highest BCUT2D eigenvalue weighted by Crippen LogP contribution is 2.17. The summed E-state index contributed by atoms with van der Waals surface area (Å²) < 4.78 is 0. The second kappa shape index (κ2) is 10.2. The minimum Gasteiger partial charge on any atom is -0.340 e. The molecule has 0 radical (unpaired) electrons. The number of carbonyl (C=O) groups excluding carboxylic acids is 1.